The standard InChI is InChI=1S/C40H35N/c1-39(31-15-7-3-8-16-31,32-17-9-4-10-18-32)35-23-27-37(28-24-35)41-38-29-25-36(26-30-38)40(2,33-19-11-5-12-20-33)34-21-13-6-14-22-34/h3-30,41H,1-2H3. The van der Waals surface area contributed by atoms with Gasteiger partial charge in [-0.3, -0.25) is 0 Å². The monoisotopic (exact) mass is 529 g/mol. The number of nitrogens with one attached hydrogen (secondary N) is 1. The van der Waals surface area contributed by atoms with Crippen molar-refractivity contribution in [1.82, 2.24) is 0 Å². The maximum absolute atomic E-state index is 3.62. The first-order chi connectivity index (χ1) is 20.1. The molecule has 0 spiro atoms. The predicted octanol–water partition coefficient (Wildman–Crippen LogP) is 10.1. The Kier molecular flexibility index (Phi) is 7.27. The highest BCUT2D eigenvalue weighted by atomic mass is 14.9. The van der Waals surface area contributed by atoms with Gasteiger partial charge >= 0.3 is 0 Å². The molecule has 6 aromatic rings. The molecule has 0 radical (unpaired) electrons. The van der Waals surface area contributed by atoms with Crippen LogP contribution < -0.4 is 5.32 Å². The molecule has 6 aromatic carbocycles. The molecule has 0 aliphatic rings. The van der Waals surface area contributed by atoms with E-state index < -0.39 is 0 Å². The van der Waals surface area contributed by atoms with Crippen molar-refractivity contribution in [3.63, 3.8) is 0 Å². The largest absolute Gasteiger partial charge is 0.356 e. The molecule has 0 aliphatic carbocycles. The lowest BCUT2D eigenvalue weighted by atomic mass is 9.71. The van der Waals surface area contributed by atoms with Crippen LogP contribution in [0, 0.1) is 0 Å². The maximum atomic E-state index is 3.62. The van der Waals surface area contributed by atoms with Gasteiger partial charge in [0, 0.05) is 22.2 Å². The minimum Gasteiger partial charge on any atom is -0.356 e. The number of hydrogen-bond donors (Lipinski definition) is 1. The number of benzene rings is 6. The lowest BCUT2D eigenvalue weighted by Gasteiger charge is -2.32. The Hall–Kier alpha value is -4.88. The van der Waals surface area contributed by atoms with Gasteiger partial charge in [-0.05, 0) is 71.5 Å². The van der Waals surface area contributed by atoms with Crippen molar-refractivity contribution in [2.45, 2.75) is 24.7 Å². The molecule has 41 heavy (non-hydrogen) atoms. The third-order valence-electron chi connectivity index (χ3n) is 8.62. The third kappa shape index (κ3) is 5.08. The van der Waals surface area contributed by atoms with Crippen molar-refractivity contribution in [3.05, 3.63) is 203 Å². The highest BCUT2D eigenvalue weighted by molar-refractivity contribution is 5.63. The molecule has 6 rings (SSSR count). The zero-order valence-corrected chi connectivity index (χ0v) is 23.7. The molecule has 0 aliphatic heterocycles. The zero-order valence-electron chi connectivity index (χ0n) is 23.7. The molecule has 0 saturated carbocycles. The minimum atomic E-state index is -0.248. The smallest absolute Gasteiger partial charge is 0.0423 e. The van der Waals surface area contributed by atoms with E-state index in [9.17, 15) is 0 Å². The van der Waals surface area contributed by atoms with Crippen molar-refractivity contribution in [2.75, 3.05) is 5.32 Å². The molecule has 0 fully saturated rings. The van der Waals surface area contributed by atoms with Crippen LogP contribution >= 0.6 is 0 Å². The molecule has 0 saturated heterocycles. The van der Waals surface area contributed by atoms with Crippen LogP contribution in [-0.2, 0) is 10.8 Å². The van der Waals surface area contributed by atoms with Crippen LogP contribution in [-0.4, -0.2) is 0 Å². The highest BCUT2D eigenvalue weighted by Gasteiger charge is 2.32. The van der Waals surface area contributed by atoms with Crippen molar-refractivity contribution < 1.29 is 0 Å². The Morgan fingerprint density at radius 1 is 0.293 bits per heavy atom. The van der Waals surface area contributed by atoms with Gasteiger partial charge in [-0.15, -0.1) is 0 Å². The molecule has 0 bridgehead atoms. The van der Waals surface area contributed by atoms with Gasteiger partial charge in [0.15, 0.2) is 0 Å². The van der Waals surface area contributed by atoms with E-state index in [1.165, 1.54) is 33.4 Å². The Morgan fingerprint density at radius 2 is 0.512 bits per heavy atom. The normalized spacial score (nSPS) is 11.7. The third-order valence-corrected chi connectivity index (χ3v) is 8.62. The van der Waals surface area contributed by atoms with Gasteiger partial charge < -0.3 is 5.32 Å². The lowest BCUT2D eigenvalue weighted by Crippen LogP contribution is -2.25. The van der Waals surface area contributed by atoms with Gasteiger partial charge in [-0.2, -0.15) is 0 Å². The van der Waals surface area contributed by atoms with Crippen LogP contribution in [0.5, 0.6) is 0 Å². The molecule has 0 heterocycles. The fraction of sp³-hybridized carbons (Fsp3) is 0.100. The fourth-order valence-electron chi connectivity index (χ4n) is 6.03. The van der Waals surface area contributed by atoms with Crippen LogP contribution in [0.25, 0.3) is 0 Å². The first kappa shape index (κ1) is 26.3. The van der Waals surface area contributed by atoms with Gasteiger partial charge in [0.2, 0.25) is 0 Å². The van der Waals surface area contributed by atoms with Crippen molar-refractivity contribution >= 4 is 11.4 Å². The SMILES string of the molecule is CC(c1ccccc1)(c1ccccc1)c1ccc(Nc2ccc(C(C)(c3ccccc3)c3ccccc3)cc2)cc1. The summed E-state index contributed by atoms with van der Waals surface area (Å²) in [7, 11) is 0. The van der Waals surface area contributed by atoms with Crippen LogP contribution in [0.3, 0.4) is 0 Å². The van der Waals surface area contributed by atoms with Crippen LogP contribution in [0.4, 0.5) is 11.4 Å². The highest BCUT2D eigenvalue weighted by Crippen LogP contribution is 2.40. The predicted molar refractivity (Wildman–Crippen MR) is 173 cm³/mol. The quantitative estimate of drug-likeness (QED) is 0.193. The summed E-state index contributed by atoms with van der Waals surface area (Å²) in [6, 6.07) is 60.8. The van der Waals surface area contributed by atoms with E-state index >= 15 is 0 Å². The van der Waals surface area contributed by atoms with Crippen molar-refractivity contribution in [1.29, 1.82) is 0 Å². The Bertz CT molecular complexity index is 1460. The van der Waals surface area contributed by atoms with E-state index in [4.69, 9.17) is 0 Å². The summed E-state index contributed by atoms with van der Waals surface area (Å²) in [5.41, 5.74) is 9.28. The molecule has 1 nitrogen and oxygen atoms in total. The molecule has 0 atom stereocenters. The Balaban J connectivity index is 1.28. The van der Waals surface area contributed by atoms with E-state index in [0.717, 1.165) is 11.4 Å². The van der Waals surface area contributed by atoms with E-state index in [1.807, 2.05) is 0 Å². The molecule has 0 aromatic heterocycles. The molecular formula is C40H35N. The molecule has 0 unspecified atom stereocenters. The summed E-state index contributed by atoms with van der Waals surface area (Å²) in [6.45, 7) is 4.63. The first-order valence-electron chi connectivity index (χ1n) is 14.3. The summed E-state index contributed by atoms with van der Waals surface area (Å²) in [6.07, 6.45) is 0. The summed E-state index contributed by atoms with van der Waals surface area (Å²) in [5, 5.41) is 3.62. The average molecular weight is 530 g/mol. The number of anilines is 2. The van der Waals surface area contributed by atoms with Gasteiger partial charge in [0.05, 0.1) is 0 Å². The molecule has 1 N–H and O–H groups in total. The van der Waals surface area contributed by atoms with Gasteiger partial charge in [-0.25, -0.2) is 0 Å². The fourth-order valence-corrected chi connectivity index (χ4v) is 6.03. The Morgan fingerprint density at radius 3 is 0.756 bits per heavy atom. The second-order valence-corrected chi connectivity index (χ2v) is 11.0. The van der Waals surface area contributed by atoms with Crippen molar-refractivity contribution in [3.8, 4) is 0 Å². The van der Waals surface area contributed by atoms with Gasteiger partial charge in [0.1, 0.15) is 0 Å². The first-order valence-corrected chi connectivity index (χ1v) is 14.3. The second-order valence-electron chi connectivity index (χ2n) is 11.0. The molecule has 200 valence electrons. The van der Waals surface area contributed by atoms with Gasteiger partial charge in [-0.1, -0.05) is 146 Å². The van der Waals surface area contributed by atoms with Gasteiger partial charge in [0.25, 0.3) is 0 Å². The molecule has 1 heteroatoms. The van der Waals surface area contributed by atoms with E-state index in [2.05, 4.69) is 189 Å². The summed E-state index contributed by atoms with van der Waals surface area (Å²) in [5.74, 6) is 0. The number of hydrogen-bond acceptors (Lipinski definition) is 1. The maximum Gasteiger partial charge on any atom is 0.0423 e. The topological polar surface area (TPSA) is 12.0 Å². The lowest BCUT2D eigenvalue weighted by molar-refractivity contribution is 0.692. The van der Waals surface area contributed by atoms with E-state index in [1.54, 1.807) is 0 Å². The summed E-state index contributed by atoms with van der Waals surface area (Å²) >= 11 is 0. The average Bonchev–Trinajstić information content (AvgIpc) is 3.06. The Labute approximate surface area is 244 Å². The summed E-state index contributed by atoms with van der Waals surface area (Å²) in [4.78, 5) is 0. The van der Waals surface area contributed by atoms with Crippen LogP contribution in [0.1, 0.15) is 47.2 Å². The minimum absolute atomic E-state index is 0.248. The van der Waals surface area contributed by atoms with Crippen LogP contribution in [0.15, 0.2) is 170 Å². The van der Waals surface area contributed by atoms with E-state index in [-0.39, 0.29) is 10.8 Å². The summed E-state index contributed by atoms with van der Waals surface area (Å²) < 4.78 is 0. The zero-order chi connectivity index (χ0) is 28.1. The number of rotatable bonds is 8. The molecule has 0 amide bonds. The molecular weight excluding hydrogens is 494 g/mol. The van der Waals surface area contributed by atoms with Crippen LogP contribution in [0.2, 0.25) is 0 Å². The second kappa shape index (κ2) is 11.3. The van der Waals surface area contributed by atoms with E-state index in [0.29, 0.717) is 0 Å². The van der Waals surface area contributed by atoms with Crippen molar-refractivity contribution in [2.24, 2.45) is 0 Å².